The summed E-state index contributed by atoms with van der Waals surface area (Å²) in [6, 6.07) is 3.95. The lowest BCUT2D eigenvalue weighted by atomic mass is 9.81. The molecule has 0 aliphatic carbocycles. The van der Waals surface area contributed by atoms with E-state index in [-0.39, 0.29) is 22.0 Å². The van der Waals surface area contributed by atoms with E-state index in [1.165, 1.54) is 16.4 Å². The molecule has 1 saturated heterocycles. The van der Waals surface area contributed by atoms with Crippen molar-refractivity contribution in [1.29, 1.82) is 0 Å². The zero-order chi connectivity index (χ0) is 16.7. The average Bonchev–Trinajstić information content (AvgIpc) is 2.41. The maximum absolute atomic E-state index is 12.7. The van der Waals surface area contributed by atoms with Gasteiger partial charge in [-0.1, -0.05) is 19.9 Å². The summed E-state index contributed by atoms with van der Waals surface area (Å²) in [5.74, 6) is 0. The molecule has 1 aliphatic heterocycles. The maximum Gasteiger partial charge on any atom is 0.273 e. The number of rotatable bonds is 3. The van der Waals surface area contributed by atoms with Crippen molar-refractivity contribution in [2.24, 2.45) is 11.1 Å². The third-order valence-corrected chi connectivity index (χ3v) is 6.13. The quantitative estimate of drug-likeness (QED) is 0.671. The number of benzene rings is 1. The van der Waals surface area contributed by atoms with E-state index in [1.54, 1.807) is 6.92 Å². The van der Waals surface area contributed by atoms with Crippen molar-refractivity contribution in [1.82, 2.24) is 4.31 Å². The van der Waals surface area contributed by atoms with Gasteiger partial charge in [0.05, 0.1) is 9.82 Å². The highest BCUT2D eigenvalue weighted by atomic mass is 32.2. The Morgan fingerprint density at radius 2 is 2.05 bits per heavy atom. The molecule has 1 aliphatic rings. The molecular formula is C14H21N3O4S. The van der Waals surface area contributed by atoms with E-state index in [9.17, 15) is 18.5 Å². The fourth-order valence-corrected chi connectivity index (χ4v) is 4.27. The van der Waals surface area contributed by atoms with Gasteiger partial charge in [-0.2, -0.15) is 4.31 Å². The lowest BCUT2D eigenvalue weighted by Gasteiger charge is -2.41. The van der Waals surface area contributed by atoms with Crippen molar-refractivity contribution in [3.05, 3.63) is 33.9 Å². The summed E-state index contributed by atoms with van der Waals surface area (Å²) in [5, 5.41) is 11.0. The molecule has 122 valence electrons. The lowest BCUT2D eigenvalue weighted by Crippen LogP contribution is -2.53. The molecule has 22 heavy (non-hydrogen) atoms. The Balaban J connectivity index is 2.39. The summed E-state index contributed by atoms with van der Waals surface area (Å²) < 4.78 is 26.8. The van der Waals surface area contributed by atoms with E-state index in [4.69, 9.17) is 5.73 Å². The summed E-state index contributed by atoms with van der Waals surface area (Å²) in [6.07, 6.45) is 0.570. The molecule has 0 spiro atoms. The molecule has 2 N–H and O–H groups in total. The second-order valence-electron chi connectivity index (χ2n) is 6.43. The number of nitro groups is 1. The Bertz CT molecular complexity index is 700. The highest BCUT2D eigenvalue weighted by Gasteiger charge is 2.39. The SMILES string of the molecule is Cc1ccc(S(=O)(=O)N2CCC(N)C(C)(C)C2)cc1[N+](=O)[O-]. The molecule has 1 aromatic carbocycles. The number of nitrogens with two attached hydrogens (primary N) is 1. The van der Waals surface area contributed by atoms with E-state index in [0.29, 0.717) is 25.1 Å². The second kappa shape index (κ2) is 5.60. The molecule has 7 nitrogen and oxygen atoms in total. The van der Waals surface area contributed by atoms with Gasteiger partial charge in [0.15, 0.2) is 0 Å². The molecule has 1 unspecified atom stereocenters. The predicted octanol–water partition coefficient (Wildman–Crippen LogP) is 1.65. The van der Waals surface area contributed by atoms with Gasteiger partial charge >= 0.3 is 0 Å². The van der Waals surface area contributed by atoms with E-state index in [1.807, 2.05) is 13.8 Å². The molecule has 0 saturated carbocycles. The number of aryl methyl sites for hydroxylation is 1. The Morgan fingerprint density at radius 1 is 1.41 bits per heavy atom. The number of hydrogen-bond acceptors (Lipinski definition) is 5. The molecular weight excluding hydrogens is 306 g/mol. The Morgan fingerprint density at radius 3 is 2.59 bits per heavy atom. The first-order chi connectivity index (χ1) is 10.1. The van der Waals surface area contributed by atoms with Gasteiger partial charge in [-0.15, -0.1) is 0 Å². The minimum atomic E-state index is -3.76. The second-order valence-corrected chi connectivity index (χ2v) is 8.37. The number of hydrogen-bond donors (Lipinski definition) is 1. The smallest absolute Gasteiger partial charge is 0.273 e. The normalized spacial score (nSPS) is 22.5. The summed E-state index contributed by atoms with van der Waals surface area (Å²) in [7, 11) is -3.76. The van der Waals surface area contributed by atoms with Crippen LogP contribution in [0.1, 0.15) is 25.8 Å². The number of nitro benzene ring substituents is 1. The molecule has 2 rings (SSSR count). The van der Waals surface area contributed by atoms with E-state index < -0.39 is 14.9 Å². The van der Waals surface area contributed by atoms with Crippen molar-refractivity contribution in [3.63, 3.8) is 0 Å². The van der Waals surface area contributed by atoms with Crippen LogP contribution < -0.4 is 5.73 Å². The minimum Gasteiger partial charge on any atom is -0.327 e. The molecule has 0 aromatic heterocycles. The summed E-state index contributed by atoms with van der Waals surface area (Å²) in [6.45, 7) is 6.07. The van der Waals surface area contributed by atoms with Gasteiger partial charge in [-0.05, 0) is 24.8 Å². The average molecular weight is 327 g/mol. The van der Waals surface area contributed by atoms with Crippen LogP contribution in [-0.4, -0.2) is 36.8 Å². The highest BCUT2D eigenvalue weighted by molar-refractivity contribution is 7.89. The predicted molar refractivity (Wildman–Crippen MR) is 83.0 cm³/mol. The summed E-state index contributed by atoms with van der Waals surface area (Å²) >= 11 is 0. The van der Waals surface area contributed by atoms with Crippen LogP contribution in [0.4, 0.5) is 5.69 Å². The molecule has 1 atom stereocenters. The minimum absolute atomic E-state index is 0.0453. The van der Waals surface area contributed by atoms with Gasteiger partial charge in [0, 0.05) is 30.8 Å². The summed E-state index contributed by atoms with van der Waals surface area (Å²) in [4.78, 5) is 10.4. The standard InChI is InChI=1S/C14H21N3O4S/c1-10-4-5-11(8-12(10)17(18)19)22(20,21)16-7-6-13(15)14(2,3)9-16/h4-5,8,13H,6-7,9,15H2,1-3H3. The number of sulfonamides is 1. The van der Waals surface area contributed by atoms with Crippen LogP contribution in [0.2, 0.25) is 0 Å². The van der Waals surface area contributed by atoms with Crippen molar-refractivity contribution in [2.75, 3.05) is 13.1 Å². The fraction of sp³-hybridized carbons (Fsp3) is 0.571. The maximum atomic E-state index is 12.7. The number of nitrogens with zero attached hydrogens (tertiary/aromatic N) is 2. The monoisotopic (exact) mass is 327 g/mol. The first-order valence-corrected chi connectivity index (χ1v) is 8.50. The molecule has 0 bridgehead atoms. The highest BCUT2D eigenvalue weighted by Crippen LogP contribution is 2.32. The Labute approximate surface area is 130 Å². The van der Waals surface area contributed by atoms with E-state index in [0.717, 1.165) is 6.07 Å². The van der Waals surface area contributed by atoms with Crippen LogP contribution in [0.3, 0.4) is 0 Å². The molecule has 8 heteroatoms. The zero-order valence-corrected chi connectivity index (χ0v) is 13.8. The summed E-state index contributed by atoms with van der Waals surface area (Å²) in [5.41, 5.74) is 5.95. The molecule has 0 amide bonds. The van der Waals surface area contributed by atoms with Gasteiger partial charge < -0.3 is 5.73 Å². The van der Waals surface area contributed by atoms with Crippen LogP contribution in [0.25, 0.3) is 0 Å². The molecule has 1 heterocycles. The van der Waals surface area contributed by atoms with Crippen LogP contribution >= 0.6 is 0 Å². The Hall–Kier alpha value is -1.51. The van der Waals surface area contributed by atoms with Crippen molar-refractivity contribution in [3.8, 4) is 0 Å². The topological polar surface area (TPSA) is 107 Å². The molecule has 1 fully saturated rings. The van der Waals surface area contributed by atoms with Gasteiger partial charge in [-0.3, -0.25) is 10.1 Å². The third kappa shape index (κ3) is 2.99. The van der Waals surface area contributed by atoms with Crippen molar-refractivity contribution in [2.45, 2.75) is 38.1 Å². The fourth-order valence-electron chi connectivity index (χ4n) is 2.63. The van der Waals surface area contributed by atoms with Crippen LogP contribution in [0.5, 0.6) is 0 Å². The lowest BCUT2D eigenvalue weighted by molar-refractivity contribution is -0.385. The van der Waals surface area contributed by atoms with Crippen LogP contribution in [0.15, 0.2) is 23.1 Å². The van der Waals surface area contributed by atoms with Crippen molar-refractivity contribution >= 4 is 15.7 Å². The third-order valence-electron chi connectivity index (χ3n) is 4.29. The first-order valence-electron chi connectivity index (χ1n) is 7.06. The van der Waals surface area contributed by atoms with E-state index >= 15 is 0 Å². The van der Waals surface area contributed by atoms with Gasteiger partial charge in [0.25, 0.3) is 5.69 Å². The molecule has 0 radical (unpaired) electrons. The van der Waals surface area contributed by atoms with Crippen LogP contribution in [-0.2, 0) is 10.0 Å². The van der Waals surface area contributed by atoms with Crippen LogP contribution in [0, 0.1) is 22.5 Å². The Kier molecular flexibility index (Phi) is 4.29. The number of piperidine rings is 1. The van der Waals surface area contributed by atoms with E-state index in [2.05, 4.69) is 0 Å². The van der Waals surface area contributed by atoms with Crippen molar-refractivity contribution < 1.29 is 13.3 Å². The zero-order valence-electron chi connectivity index (χ0n) is 12.9. The molecule has 1 aromatic rings. The van der Waals surface area contributed by atoms with Gasteiger partial charge in [0.2, 0.25) is 10.0 Å². The largest absolute Gasteiger partial charge is 0.327 e. The van der Waals surface area contributed by atoms with Gasteiger partial charge in [0.1, 0.15) is 0 Å². The van der Waals surface area contributed by atoms with Gasteiger partial charge in [-0.25, -0.2) is 8.42 Å². The first kappa shape index (κ1) is 16.9.